The number of nitrogens with zero attached hydrogens (tertiary/aromatic N) is 1. The number of likely N-dealkylation sites (tertiary alicyclic amines) is 1. The lowest BCUT2D eigenvalue weighted by Crippen LogP contribution is -2.59. The first-order valence-electron chi connectivity index (χ1n) is 10.0. The van der Waals surface area contributed by atoms with Gasteiger partial charge in [-0.25, -0.2) is 17.9 Å². The summed E-state index contributed by atoms with van der Waals surface area (Å²) in [6.07, 6.45) is 6.20. The second-order valence-electron chi connectivity index (χ2n) is 8.57. The number of carbonyl (C=O) groups is 1. The van der Waals surface area contributed by atoms with Crippen LogP contribution in [0.4, 0.5) is 10.5 Å². The van der Waals surface area contributed by atoms with E-state index in [0.29, 0.717) is 19.0 Å². The molecule has 2 aliphatic carbocycles. The molecular weight excluding hydrogens is 362 g/mol. The molecule has 27 heavy (non-hydrogen) atoms. The van der Waals surface area contributed by atoms with Crippen LogP contribution in [0.25, 0.3) is 0 Å². The Kier molecular flexibility index (Phi) is 4.93. The van der Waals surface area contributed by atoms with Gasteiger partial charge in [-0.05, 0) is 66.7 Å². The third-order valence-electron chi connectivity index (χ3n) is 5.93. The third-order valence-corrected chi connectivity index (χ3v) is 7.58. The summed E-state index contributed by atoms with van der Waals surface area (Å²) >= 11 is 0. The Bertz CT molecular complexity index is 825. The van der Waals surface area contributed by atoms with Gasteiger partial charge in [0.25, 0.3) is 0 Å². The number of anilines is 1. The van der Waals surface area contributed by atoms with Crippen molar-refractivity contribution >= 4 is 21.7 Å². The van der Waals surface area contributed by atoms with Crippen LogP contribution in [0.5, 0.6) is 0 Å². The summed E-state index contributed by atoms with van der Waals surface area (Å²) in [5.41, 5.74) is 5.92. The lowest BCUT2D eigenvalue weighted by Gasteiger charge is -2.39. The van der Waals surface area contributed by atoms with Crippen LogP contribution in [0.2, 0.25) is 0 Å². The van der Waals surface area contributed by atoms with E-state index in [2.05, 4.69) is 34.9 Å². The lowest BCUT2D eigenvalue weighted by molar-refractivity contribution is 0.164. The molecule has 0 bridgehead atoms. The number of carbonyl (C=O) groups excluding carboxylic acids is 1. The number of sulfonamides is 1. The number of aryl methyl sites for hydroxylation is 2. The van der Waals surface area contributed by atoms with Gasteiger partial charge in [0.2, 0.25) is 10.0 Å². The van der Waals surface area contributed by atoms with Crippen LogP contribution in [0.1, 0.15) is 48.9 Å². The molecule has 1 fully saturated rings. The Balaban J connectivity index is 1.44. The smallest absolute Gasteiger partial charge is 0.307 e. The highest BCUT2D eigenvalue weighted by Gasteiger charge is 2.38. The maximum atomic E-state index is 12.5. The van der Waals surface area contributed by atoms with E-state index < -0.39 is 21.3 Å². The second kappa shape index (κ2) is 7.09. The van der Waals surface area contributed by atoms with Crippen molar-refractivity contribution in [3.05, 3.63) is 28.3 Å². The quantitative estimate of drug-likeness (QED) is 0.808. The monoisotopic (exact) mass is 391 g/mol. The topological polar surface area (TPSA) is 78.5 Å². The van der Waals surface area contributed by atoms with Crippen molar-refractivity contribution in [2.75, 3.05) is 25.0 Å². The Morgan fingerprint density at radius 1 is 1.11 bits per heavy atom. The van der Waals surface area contributed by atoms with Crippen molar-refractivity contribution in [3.8, 4) is 0 Å². The van der Waals surface area contributed by atoms with E-state index in [4.69, 9.17) is 0 Å². The number of rotatable bonds is 5. The molecule has 0 aromatic heterocycles. The minimum absolute atomic E-state index is 0.497. The standard InChI is InChI=1S/C20H29N3O3S/c1-13(2)10-23-11-16(12-23)27(25,26)22-20(24)21-19-17-7-3-5-14(17)9-15-6-4-8-18(15)19/h9,13,16H,3-8,10-12H2,1-2H3,(H2,21,22,24). The molecule has 0 unspecified atom stereocenters. The molecule has 1 saturated heterocycles. The van der Waals surface area contributed by atoms with Crippen LogP contribution in [-0.4, -0.2) is 44.2 Å². The first kappa shape index (κ1) is 18.7. The van der Waals surface area contributed by atoms with E-state index in [1.807, 2.05) is 0 Å². The Morgan fingerprint density at radius 2 is 1.70 bits per heavy atom. The van der Waals surface area contributed by atoms with Crippen LogP contribution in [-0.2, 0) is 35.7 Å². The molecule has 6 nitrogen and oxygen atoms in total. The molecule has 0 radical (unpaired) electrons. The molecule has 2 N–H and O–H groups in total. The minimum Gasteiger partial charge on any atom is -0.307 e. The Hall–Kier alpha value is -1.60. The molecule has 4 rings (SSSR count). The molecule has 0 atom stereocenters. The second-order valence-corrected chi connectivity index (χ2v) is 10.5. The molecule has 148 valence electrons. The van der Waals surface area contributed by atoms with Gasteiger partial charge in [0.15, 0.2) is 0 Å². The molecular formula is C20H29N3O3S. The van der Waals surface area contributed by atoms with Crippen LogP contribution < -0.4 is 10.0 Å². The summed E-state index contributed by atoms with van der Waals surface area (Å²) in [7, 11) is -3.64. The fraction of sp³-hybridized carbons (Fsp3) is 0.650. The average Bonchev–Trinajstić information content (AvgIpc) is 3.17. The highest BCUT2D eigenvalue weighted by molar-refractivity contribution is 7.90. The van der Waals surface area contributed by atoms with E-state index >= 15 is 0 Å². The predicted octanol–water partition coefficient (Wildman–Crippen LogP) is 2.46. The summed E-state index contributed by atoms with van der Waals surface area (Å²) in [5, 5.41) is 2.40. The minimum atomic E-state index is -3.64. The van der Waals surface area contributed by atoms with Gasteiger partial charge in [-0.1, -0.05) is 19.9 Å². The summed E-state index contributed by atoms with van der Waals surface area (Å²) in [6.45, 7) is 6.11. The van der Waals surface area contributed by atoms with E-state index in [1.165, 1.54) is 22.3 Å². The van der Waals surface area contributed by atoms with E-state index in [9.17, 15) is 13.2 Å². The van der Waals surface area contributed by atoms with Gasteiger partial charge in [-0.15, -0.1) is 0 Å². The van der Waals surface area contributed by atoms with Gasteiger partial charge in [-0.3, -0.25) is 0 Å². The number of fused-ring (bicyclic) bond motifs is 2. The van der Waals surface area contributed by atoms with Gasteiger partial charge in [-0.2, -0.15) is 0 Å². The summed E-state index contributed by atoms with van der Waals surface area (Å²) in [5.74, 6) is 0.507. The largest absolute Gasteiger partial charge is 0.332 e. The zero-order valence-electron chi connectivity index (χ0n) is 16.2. The van der Waals surface area contributed by atoms with Crippen LogP contribution >= 0.6 is 0 Å². The number of hydrogen-bond donors (Lipinski definition) is 2. The van der Waals surface area contributed by atoms with Crippen molar-refractivity contribution < 1.29 is 13.2 Å². The van der Waals surface area contributed by atoms with Crippen molar-refractivity contribution in [1.82, 2.24) is 9.62 Å². The predicted molar refractivity (Wildman–Crippen MR) is 107 cm³/mol. The fourth-order valence-electron chi connectivity index (χ4n) is 4.70. The Labute approximate surface area is 161 Å². The zero-order valence-corrected chi connectivity index (χ0v) is 17.0. The molecule has 1 heterocycles. The lowest BCUT2D eigenvalue weighted by atomic mass is 9.99. The molecule has 3 aliphatic rings. The molecule has 0 saturated carbocycles. The first-order valence-corrected chi connectivity index (χ1v) is 11.6. The van der Waals surface area contributed by atoms with Crippen molar-refractivity contribution in [2.45, 2.75) is 57.6 Å². The average molecular weight is 392 g/mol. The highest BCUT2D eigenvalue weighted by atomic mass is 32.2. The highest BCUT2D eigenvalue weighted by Crippen LogP contribution is 2.38. The summed E-state index contributed by atoms with van der Waals surface area (Å²) in [6, 6.07) is 1.68. The molecule has 1 aromatic rings. The van der Waals surface area contributed by atoms with E-state index in [1.54, 1.807) is 0 Å². The maximum absolute atomic E-state index is 12.5. The van der Waals surface area contributed by atoms with Gasteiger partial charge >= 0.3 is 6.03 Å². The van der Waals surface area contributed by atoms with Crippen LogP contribution in [0.3, 0.4) is 0 Å². The molecule has 1 aromatic carbocycles. The van der Waals surface area contributed by atoms with Crippen LogP contribution in [0.15, 0.2) is 6.07 Å². The third kappa shape index (κ3) is 3.72. The summed E-state index contributed by atoms with van der Waals surface area (Å²) < 4.78 is 27.3. The SMILES string of the molecule is CC(C)CN1CC(S(=O)(=O)NC(=O)Nc2c3c(cc4c2CCC4)CCC3)C1. The number of urea groups is 1. The van der Waals surface area contributed by atoms with Crippen molar-refractivity contribution in [2.24, 2.45) is 5.92 Å². The first-order chi connectivity index (χ1) is 12.8. The van der Waals surface area contributed by atoms with Gasteiger partial charge in [0.1, 0.15) is 5.25 Å². The number of benzene rings is 1. The van der Waals surface area contributed by atoms with Crippen molar-refractivity contribution in [1.29, 1.82) is 0 Å². The normalized spacial score (nSPS) is 19.7. The molecule has 7 heteroatoms. The summed E-state index contributed by atoms with van der Waals surface area (Å²) in [4.78, 5) is 14.6. The number of amides is 2. The van der Waals surface area contributed by atoms with Crippen molar-refractivity contribution in [3.63, 3.8) is 0 Å². The molecule has 1 aliphatic heterocycles. The van der Waals surface area contributed by atoms with Gasteiger partial charge < -0.3 is 10.2 Å². The number of hydrogen-bond acceptors (Lipinski definition) is 4. The van der Waals surface area contributed by atoms with E-state index in [0.717, 1.165) is 50.8 Å². The molecule has 2 amide bonds. The molecule has 0 spiro atoms. The fourth-order valence-corrected chi connectivity index (χ4v) is 5.99. The Morgan fingerprint density at radius 3 is 2.26 bits per heavy atom. The van der Waals surface area contributed by atoms with Gasteiger partial charge in [0, 0.05) is 25.3 Å². The van der Waals surface area contributed by atoms with Crippen LogP contribution in [0, 0.1) is 5.92 Å². The van der Waals surface area contributed by atoms with E-state index in [-0.39, 0.29) is 0 Å². The number of nitrogens with one attached hydrogen (secondary N) is 2. The van der Waals surface area contributed by atoms with Gasteiger partial charge in [0.05, 0.1) is 0 Å². The zero-order chi connectivity index (χ0) is 19.2. The maximum Gasteiger partial charge on any atom is 0.332 e.